The lowest BCUT2D eigenvalue weighted by molar-refractivity contribution is 0.126. The third kappa shape index (κ3) is 3.81. The van der Waals surface area contributed by atoms with Crippen molar-refractivity contribution in [1.29, 1.82) is 0 Å². The molecule has 1 fully saturated rings. The molecule has 0 bridgehead atoms. The zero-order valence-corrected chi connectivity index (χ0v) is 9.69. The summed E-state index contributed by atoms with van der Waals surface area (Å²) in [5, 5.41) is 5.35. The maximum absolute atomic E-state index is 5.77. The lowest BCUT2D eigenvalue weighted by atomic mass is 10.4. The first-order valence-corrected chi connectivity index (χ1v) is 6.34. The van der Waals surface area contributed by atoms with Crippen molar-refractivity contribution in [1.82, 2.24) is 5.32 Å². The molecule has 1 aromatic rings. The molecule has 1 aliphatic carbocycles. The monoisotopic (exact) mass is 226 g/mol. The number of nitrogens with one attached hydrogen (secondary N) is 1. The van der Waals surface area contributed by atoms with Gasteiger partial charge < -0.3 is 15.8 Å². The zero-order valence-electron chi connectivity index (χ0n) is 8.87. The molecule has 0 atom stereocenters. The van der Waals surface area contributed by atoms with E-state index in [0.717, 1.165) is 37.9 Å². The number of ether oxygens (including phenoxy) is 1. The Kier molecular flexibility index (Phi) is 4.00. The summed E-state index contributed by atoms with van der Waals surface area (Å²) < 4.78 is 5.52. The maximum atomic E-state index is 5.77. The molecule has 84 valence electrons. The molecule has 3 nitrogen and oxygen atoms in total. The first-order chi connectivity index (χ1) is 7.36. The van der Waals surface area contributed by atoms with Gasteiger partial charge >= 0.3 is 0 Å². The molecular weight excluding hydrogens is 208 g/mol. The standard InChI is InChI=1S/C11H18N2OS/c12-10-3-6-15-11(10)7-13-4-5-14-8-9-1-2-9/h3,6,9,13H,1-2,4-5,7-8,12H2. The molecule has 3 N–H and O–H groups in total. The predicted molar refractivity (Wildman–Crippen MR) is 64.0 cm³/mol. The molecule has 4 heteroatoms. The molecule has 1 aliphatic rings. The van der Waals surface area contributed by atoms with Crippen LogP contribution in [0.25, 0.3) is 0 Å². The fraction of sp³-hybridized carbons (Fsp3) is 0.636. The summed E-state index contributed by atoms with van der Waals surface area (Å²) in [4.78, 5) is 1.22. The van der Waals surface area contributed by atoms with E-state index < -0.39 is 0 Å². The van der Waals surface area contributed by atoms with Crippen LogP contribution in [0.4, 0.5) is 5.69 Å². The average Bonchev–Trinajstić information content (AvgIpc) is 2.96. The Morgan fingerprint density at radius 2 is 2.40 bits per heavy atom. The van der Waals surface area contributed by atoms with E-state index in [9.17, 15) is 0 Å². The van der Waals surface area contributed by atoms with Gasteiger partial charge in [0.2, 0.25) is 0 Å². The second-order valence-electron chi connectivity index (χ2n) is 3.99. The molecule has 0 radical (unpaired) electrons. The Balaban J connectivity index is 1.49. The minimum Gasteiger partial charge on any atom is -0.398 e. The highest BCUT2D eigenvalue weighted by molar-refractivity contribution is 7.10. The molecule has 0 aliphatic heterocycles. The number of rotatable bonds is 7. The Labute approximate surface area is 94.6 Å². The lowest BCUT2D eigenvalue weighted by Gasteiger charge is -2.05. The van der Waals surface area contributed by atoms with Crippen molar-refractivity contribution in [3.8, 4) is 0 Å². The zero-order chi connectivity index (χ0) is 10.5. The van der Waals surface area contributed by atoms with Gasteiger partial charge in [-0.25, -0.2) is 0 Å². The molecule has 15 heavy (non-hydrogen) atoms. The van der Waals surface area contributed by atoms with Crippen molar-refractivity contribution in [3.05, 3.63) is 16.3 Å². The molecule has 1 aromatic heterocycles. The van der Waals surface area contributed by atoms with Gasteiger partial charge in [-0.2, -0.15) is 0 Å². The highest BCUT2D eigenvalue weighted by atomic mass is 32.1. The van der Waals surface area contributed by atoms with Gasteiger partial charge in [-0.15, -0.1) is 11.3 Å². The van der Waals surface area contributed by atoms with Crippen LogP contribution < -0.4 is 11.1 Å². The normalized spacial score (nSPS) is 15.7. The summed E-state index contributed by atoms with van der Waals surface area (Å²) in [6.45, 7) is 3.52. The highest BCUT2D eigenvalue weighted by Gasteiger charge is 2.20. The summed E-state index contributed by atoms with van der Waals surface area (Å²) in [6.07, 6.45) is 2.72. The van der Waals surface area contributed by atoms with Crippen LogP contribution in [0.15, 0.2) is 11.4 Å². The summed E-state index contributed by atoms with van der Waals surface area (Å²) in [5.74, 6) is 0.859. The number of nitrogens with two attached hydrogens (primary N) is 1. The molecule has 2 rings (SSSR count). The molecule has 0 spiro atoms. The van der Waals surface area contributed by atoms with Crippen LogP contribution in [-0.4, -0.2) is 19.8 Å². The fourth-order valence-electron chi connectivity index (χ4n) is 1.37. The van der Waals surface area contributed by atoms with E-state index in [-0.39, 0.29) is 0 Å². The number of anilines is 1. The van der Waals surface area contributed by atoms with Gasteiger partial charge in [0.15, 0.2) is 0 Å². The molecule has 0 unspecified atom stereocenters. The van der Waals surface area contributed by atoms with Crippen molar-refractivity contribution < 1.29 is 4.74 Å². The highest BCUT2D eigenvalue weighted by Crippen LogP contribution is 2.28. The van der Waals surface area contributed by atoms with Crippen molar-refractivity contribution >= 4 is 17.0 Å². The van der Waals surface area contributed by atoms with Crippen LogP contribution >= 0.6 is 11.3 Å². The summed E-state index contributed by atoms with van der Waals surface area (Å²) in [6, 6.07) is 1.95. The van der Waals surface area contributed by atoms with E-state index >= 15 is 0 Å². The van der Waals surface area contributed by atoms with Crippen molar-refractivity contribution in [3.63, 3.8) is 0 Å². The van der Waals surface area contributed by atoms with Crippen molar-refractivity contribution in [2.75, 3.05) is 25.5 Å². The molecule has 1 saturated carbocycles. The van der Waals surface area contributed by atoms with E-state index in [4.69, 9.17) is 10.5 Å². The van der Waals surface area contributed by atoms with Gasteiger partial charge in [0.25, 0.3) is 0 Å². The SMILES string of the molecule is Nc1ccsc1CNCCOCC1CC1. The Bertz CT molecular complexity index is 297. The first kappa shape index (κ1) is 10.9. The quantitative estimate of drug-likeness (QED) is 0.697. The second kappa shape index (κ2) is 5.49. The predicted octanol–water partition coefficient (Wildman–Crippen LogP) is 1.85. The third-order valence-corrected chi connectivity index (χ3v) is 3.48. The first-order valence-electron chi connectivity index (χ1n) is 5.46. The van der Waals surface area contributed by atoms with Crippen LogP contribution in [0.3, 0.4) is 0 Å². The fourth-order valence-corrected chi connectivity index (χ4v) is 2.14. The van der Waals surface area contributed by atoms with Crippen LogP contribution in [-0.2, 0) is 11.3 Å². The number of hydrogen-bond acceptors (Lipinski definition) is 4. The maximum Gasteiger partial charge on any atom is 0.0591 e. The van der Waals surface area contributed by atoms with E-state index in [0.29, 0.717) is 0 Å². The minimum absolute atomic E-state index is 0.807. The van der Waals surface area contributed by atoms with Crippen LogP contribution in [0.5, 0.6) is 0 Å². The third-order valence-electron chi connectivity index (χ3n) is 2.54. The second-order valence-corrected chi connectivity index (χ2v) is 4.99. The molecular formula is C11H18N2OS. The van der Waals surface area contributed by atoms with Crippen molar-refractivity contribution in [2.24, 2.45) is 5.92 Å². The number of thiophene rings is 1. The van der Waals surface area contributed by atoms with Crippen LogP contribution in [0, 0.1) is 5.92 Å². The van der Waals surface area contributed by atoms with Gasteiger partial charge in [0.05, 0.1) is 6.61 Å². The Morgan fingerprint density at radius 3 is 3.07 bits per heavy atom. The molecule has 0 saturated heterocycles. The largest absolute Gasteiger partial charge is 0.398 e. The molecule has 0 aromatic carbocycles. The Hall–Kier alpha value is -0.580. The average molecular weight is 226 g/mol. The number of nitrogen functional groups attached to an aromatic ring is 1. The summed E-state index contributed by atoms with van der Waals surface area (Å²) >= 11 is 1.70. The smallest absolute Gasteiger partial charge is 0.0591 e. The Morgan fingerprint density at radius 1 is 1.53 bits per heavy atom. The van der Waals surface area contributed by atoms with Gasteiger partial charge in [0, 0.05) is 30.3 Å². The topological polar surface area (TPSA) is 47.3 Å². The summed E-state index contributed by atoms with van der Waals surface area (Å²) in [7, 11) is 0. The van der Waals surface area contributed by atoms with Gasteiger partial charge in [-0.05, 0) is 30.2 Å². The minimum atomic E-state index is 0.807. The van der Waals surface area contributed by atoms with E-state index in [1.165, 1.54) is 17.7 Å². The lowest BCUT2D eigenvalue weighted by Crippen LogP contribution is -2.19. The van der Waals surface area contributed by atoms with Crippen LogP contribution in [0.2, 0.25) is 0 Å². The van der Waals surface area contributed by atoms with Gasteiger partial charge in [0.1, 0.15) is 0 Å². The summed E-state index contributed by atoms with van der Waals surface area (Å²) in [5.41, 5.74) is 6.66. The molecule has 1 heterocycles. The van der Waals surface area contributed by atoms with E-state index in [1.54, 1.807) is 11.3 Å². The molecule has 0 amide bonds. The number of hydrogen-bond donors (Lipinski definition) is 2. The van der Waals surface area contributed by atoms with Crippen LogP contribution in [0.1, 0.15) is 17.7 Å². The van der Waals surface area contributed by atoms with Crippen molar-refractivity contribution in [2.45, 2.75) is 19.4 Å². The van der Waals surface area contributed by atoms with Gasteiger partial charge in [-0.1, -0.05) is 0 Å². The van der Waals surface area contributed by atoms with E-state index in [2.05, 4.69) is 5.32 Å². The van der Waals surface area contributed by atoms with E-state index in [1.807, 2.05) is 11.4 Å². The van der Waals surface area contributed by atoms with Gasteiger partial charge in [-0.3, -0.25) is 0 Å².